The Balaban J connectivity index is 1.58. The van der Waals surface area contributed by atoms with Crippen LogP contribution in [-0.4, -0.2) is 19.9 Å². The Bertz CT molecular complexity index is 1110. The average Bonchev–Trinajstić information content (AvgIpc) is 2.77. The molecule has 0 spiro atoms. The van der Waals surface area contributed by atoms with Crippen LogP contribution >= 0.6 is 11.8 Å². The summed E-state index contributed by atoms with van der Waals surface area (Å²) in [5.74, 6) is 0.699. The fraction of sp³-hybridized carbons (Fsp3) is 0.0476. The van der Waals surface area contributed by atoms with Gasteiger partial charge in [0.25, 0.3) is 0 Å². The van der Waals surface area contributed by atoms with E-state index in [1.54, 1.807) is 43.0 Å². The van der Waals surface area contributed by atoms with Gasteiger partial charge in [-0.3, -0.25) is 9.97 Å². The van der Waals surface area contributed by atoms with Crippen molar-refractivity contribution in [3.63, 3.8) is 0 Å². The summed E-state index contributed by atoms with van der Waals surface area (Å²) in [5, 5.41) is 3.13. The van der Waals surface area contributed by atoms with Crippen LogP contribution in [0.1, 0.15) is 5.82 Å². The molecule has 0 saturated carbocycles. The molecule has 0 amide bonds. The highest BCUT2D eigenvalue weighted by molar-refractivity contribution is 7.99. The number of aromatic nitrogens is 4. The fourth-order valence-corrected chi connectivity index (χ4v) is 3.46. The molecule has 0 aliphatic heterocycles. The van der Waals surface area contributed by atoms with Gasteiger partial charge in [0.15, 0.2) is 0 Å². The van der Waals surface area contributed by atoms with Crippen LogP contribution < -0.4 is 11.1 Å². The van der Waals surface area contributed by atoms with Gasteiger partial charge in [0, 0.05) is 51.9 Å². The lowest BCUT2D eigenvalue weighted by molar-refractivity contribution is 0.602. The smallest absolute Gasteiger partial charge is 0.144 e. The first-order chi connectivity index (χ1) is 14.2. The van der Waals surface area contributed by atoms with Crippen LogP contribution in [0.25, 0.3) is 11.3 Å². The monoisotopic (exact) mass is 404 g/mol. The van der Waals surface area contributed by atoms with E-state index in [0.717, 1.165) is 10.5 Å². The van der Waals surface area contributed by atoms with Crippen LogP contribution in [-0.2, 0) is 6.54 Å². The molecule has 1 aromatic carbocycles. The second-order valence-electron chi connectivity index (χ2n) is 6.06. The van der Waals surface area contributed by atoms with E-state index in [0.29, 0.717) is 27.9 Å². The fourth-order valence-electron chi connectivity index (χ4n) is 2.66. The largest absolute Gasteiger partial charge is 0.340 e. The van der Waals surface area contributed by atoms with E-state index >= 15 is 0 Å². The molecule has 4 rings (SSSR count). The Morgan fingerprint density at radius 2 is 1.83 bits per heavy atom. The van der Waals surface area contributed by atoms with E-state index in [2.05, 4.69) is 25.3 Å². The maximum atomic E-state index is 14.6. The van der Waals surface area contributed by atoms with Crippen molar-refractivity contribution < 1.29 is 4.39 Å². The zero-order chi connectivity index (χ0) is 20.1. The summed E-state index contributed by atoms with van der Waals surface area (Å²) in [6.07, 6.45) is 6.78. The van der Waals surface area contributed by atoms with Crippen molar-refractivity contribution in [3.05, 3.63) is 85.0 Å². The van der Waals surface area contributed by atoms with E-state index in [4.69, 9.17) is 5.73 Å². The molecule has 6 nitrogen and oxygen atoms in total. The van der Waals surface area contributed by atoms with E-state index < -0.39 is 0 Å². The van der Waals surface area contributed by atoms with E-state index in [-0.39, 0.29) is 12.4 Å². The molecule has 0 atom stereocenters. The molecule has 3 N–H and O–H groups in total. The molecule has 0 fully saturated rings. The Hall–Kier alpha value is -3.36. The summed E-state index contributed by atoms with van der Waals surface area (Å²) in [6.45, 7) is 0.193. The van der Waals surface area contributed by atoms with Gasteiger partial charge < -0.3 is 11.1 Å². The molecule has 0 bridgehead atoms. The zero-order valence-electron chi connectivity index (χ0n) is 15.3. The standard InChI is InChI=1S/C21H17FN6S/c22-17-10-15(3-4-19(17)29-16-5-8-24-9-6-16)26-20-11-18(27-21(12-23)28-20)14-2-1-7-25-13-14/h1-11,13H,12,23H2,(H,26,27,28). The van der Waals surface area contributed by atoms with Gasteiger partial charge in [-0.05, 0) is 42.5 Å². The number of nitrogens with zero attached hydrogens (tertiary/aromatic N) is 4. The summed E-state index contributed by atoms with van der Waals surface area (Å²) in [5.41, 5.74) is 7.87. The van der Waals surface area contributed by atoms with Crippen LogP contribution in [0.5, 0.6) is 0 Å². The van der Waals surface area contributed by atoms with Gasteiger partial charge in [0.2, 0.25) is 0 Å². The molecule has 29 heavy (non-hydrogen) atoms. The number of benzene rings is 1. The highest BCUT2D eigenvalue weighted by atomic mass is 32.2. The SMILES string of the molecule is NCc1nc(Nc2ccc(Sc3ccncc3)c(F)c2)cc(-c2cccnc2)n1. The summed E-state index contributed by atoms with van der Waals surface area (Å²) in [4.78, 5) is 18.4. The molecule has 0 unspecified atom stereocenters. The van der Waals surface area contributed by atoms with Crippen molar-refractivity contribution in [2.45, 2.75) is 16.3 Å². The van der Waals surface area contributed by atoms with Crippen molar-refractivity contribution in [1.82, 2.24) is 19.9 Å². The van der Waals surface area contributed by atoms with Crippen LogP contribution in [0.4, 0.5) is 15.9 Å². The van der Waals surface area contributed by atoms with Gasteiger partial charge in [-0.2, -0.15) is 0 Å². The first kappa shape index (κ1) is 19.0. The summed E-state index contributed by atoms with van der Waals surface area (Å²) in [6, 6.07) is 14.2. The Labute approximate surface area is 171 Å². The molecular weight excluding hydrogens is 387 g/mol. The molecule has 144 valence electrons. The minimum Gasteiger partial charge on any atom is -0.340 e. The molecule has 4 aromatic rings. The predicted octanol–water partition coefficient (Wildman–Crippen LogP) is 4.43. The quantitative estimate of drug-likeness (QED) is 0.491. The van der Waals surface area contributed by atoms with Gasteiger partial charge in [0.05, 0.1) is 12.2 Å². The minimum atomic E-state index is -0.322. The van der Waals surface area contributed by atoms with Crippen molar-refractivity contribution in [2.75, 3.05) is 5.32 Å². The molecule has 8 heteroatoms. The second-order valence-corrected chi connectivity index (χ2v) is 7.17. The Morgan fingerprint density at radius 1 is 0.966 bits per heavy atom. The van der Waals surface area contributed by atoms with E-state index in [9.17, 15) is 4.39 Å². The van der Waals surface area contributed by atoms with Crippen molar-refractivity contribution in [2.24, 2.45) is 5.73 Å². The molecule has 0 saturated heterocycles. The lowest BCUT2D eigenvalue weighted by atomic mass is 10.2. The lowest BCUT2D eigenvalue weighted by Gasteiger charge is -2.11. The number of hydrogen-bond donors (Lipinski definition) is 2. The highest BCUT2D eigenvalue weighted by Gasteiger charge is 2.09. The first-order valence-corrected chi connectivity index (χ1v) is 9.66. The number of nitrogens with two attached hydrogens (primary N) is 1. The normalized spacial score (nSPS) is 10.7. The molecule has 0 aliphatic rings. The molecule has 0 radical (unpaired) electrons. The Kier molecular flexibility index (Phi) is 5.73. The van der Waals surface area contributed by atoms with E-state index in [1.807, 2.05) is 24.3 Å². The number of pyridine rings is 2. The number of halogens is 1. The first-order valence-electron chi connectivity index (χ1n) is 8.84. The van der Waals surface area contributed by atoms with Gasteiger partial charge >= 0.3 is 0 Å². The number of nitrogens with one attached hydrogen (secondary N) is 1. The maximum absolute atomic E-state index is 14.6. The van der Waals surface area contributed by atoms with Crippen LogP contribution in [0.15, 0.2) is 83.1 Å². The topological polar surface area (TPSA) is 89.6 Å². The highest BCUT2D eigenvalue weighted by Crippen LogP contribution is 2.31. The predicted molar refractivity (Wildman–Crippen MR) is 111 cm³/mol. The third kappa shape index (κ3) is 4.74. The summed E-state index contributed by atoms with van der Waals surface area (Å²) in [7, 11) is 0. The van der Waals surface area contributed by atoms with Gasteiger partial charge in [-0.25, -0.2) is 14.4 Å². The second kappa shape index (κ2) is 8.76. The summed E-state index contributed by atoms with van der Waals surface area (Å²) < 4.78 is 14.6. The van der Waals surface area contributed by atoms with Crippen molar-refractivity contribution in [1.29, 1.82) is 0 Å². The maximum Gasteiger partial charge on any atom is 0.144 e. The third-order valence-electron chi connectivity index (χ3n) is 3.99. The van der Waals surface area contributed by atoms with Crippen LogP contribution in [0, 0.1) is 5.82 Å². The minimum absolute atomic E-state index is 0.193. The number of rotatable bonds is 6. The van der Waals surface area contributed by atoms with Gasteiger partial charge in [-0.1, -0.05) is 11.8 Å². The van der Waals surface area contributed by atoms with Crippen LogP contribution in [0.2, 0.25) is 0 Å². The number of hydrogen-bond acceptors (Lipinski definition) is 7. The Morgan fingerprint density at radius 3 is 2.55 bits per heavy atom. The molecular formula is C21H17FN6S. The zero-order valence-corrected chi connectivity index (χ0v) is 16.1. The van der Waals surface area contributed by atoms with Crippen LogP contribution in [0.3, 0.4) is 0 Å². The van der Waals surface area contributed by atoms with Gasteiger partial charge in [-0.15, -0.1) is 0 Å². The molecule has 0 aliphatic carbocycles. The van der Waals surface area contributed by atoms with Gasteiger partial charge in [0.1, 0.15) is 17.5 Å². The van der Waals surface area contributed by atoms with Crippen molar-refractivity contribution >= 4 is 23.3 Å². The van der Waals surface area contributed by atoms with E-state index in [1.165, 1.54) is 17.8 Å². The average molecular weight is 404 g/mol. The molecule has 3 heterocycles. The van der Waals surface area contributed by atoms with Crippen molar-refractivity contribution in [3.8, 4) is 11.3 Å². The number of anilines is 2. The summed E-state index contributed by atoms with van der Waals surface area (Å²) >= 11 is 1.34. The lowest BCUT2D eigenvalue weighted by Crippen LogP contribution is -2.06. The third-order valence-corrected chi connectivity index (χ3v) is 5.05. The molecule has 3 aromatic heterocycles.